The zero-order valence-electron chi connectivity index (χ0n) is 10.1. The fourth-order valence-electron chi connectivity index (χ4n) is 1.32. The van der Waals surface area contributed by atoms with Crippen LogP contribution in [0.15, 0.2) is 34.9 Å². The fourth-order valence-corrected chi connectivity index (χ4v) is 2.03. The SMILES string of the molecule is C=C(C)CNC(N)=NCc1cn2ccsc2n1.I. The maximum absolute atomic E-state index is 5.71. The van der Waals surface area contributed by atoms with Crippen LogP contribution in [0.2, 0.25) is 0 Å². The highest BCUT2D eigenvalue weighted by Gasteiger charge is 2.01. The van der Waals surface area contributed by atoms with E-state index in [-0.39, 0.29) is 24.0 Å². The van der Waals surface area contributed by atoms with Gasteiger partial charge in [0.05, 0.1) is 12.2 Å². The van der Waals surface area contributed by atoms with E-state index in [0.29, 0.717) is 19.0 Å². The number of halogens is 1. The monoisotopic (exact) mass is 377 g/mol. The van der Waals surface area contributed by atoms with E-state index in [9.17, 15) is 0 Å². The number of aromatic nitrogens is 2. The summed E-state index contributed by atoms with van der Waals surface area (Å²) in [6.45, 7) is 6.85. The molecular formula is C11H16IN5S. The zero-order chi connectivity index (χ0) is 12.3. The van der Waals surface area contributed by atoms with Crippen molar-refractivity contribution in [2.24, 2.45) is 10.7 Å². The van der Waals surface area contributed by atoms with E-state index >= 15 is 0 Å². The van der Waals surface area contributed by atoms with Crippen molar-refractivity contribution in [1.29, 1.82) is 0 Å². The second-order valence-corrected chi connectivity index (χ2v) is 4.71. The van der Waals surface area contributed by atoms with Gasteiger partial charge < -0.3 is 11.1 Å². The molecule has 18 heavy (non-hydrogen) atoms. The van der Waals surface area contributed by atoms with Crippen LogP contribution in [0.5, 0.6) is 0 Å². The van der Waals surface area contributed by atoms with E-state index in [2.05, 4.69) is 21.9 Å². The van der Waals surface area contributed by atoms with Crippen molar-refractivity contribution in [3.8, 4) is 0 Å². The van der Waals surface area contributed by atoms with Crippen LogP contribution in [0, 0.1) is 0 Å². The van der Waals surface area contributed by atoms with Gasteiger partial charge in [0.15, 0.2) is 10.9 Å². The molecule has 2 rings (SSSR count). The number of guanidine groups is 1. The average Bonchev–Trinajstić information content (AvgIpc) is 2.83. The highest BCUT2D eigenvalue weighted by Crippen LogP contribution is 2.11. The summed E-state index contributed by atoms with van der Waals surface area (Å²) >= 11 is 1.60. The van der Waals surface area contributed by atoms with E-state index in [1.165, 1.54) is 0 Å². The molecule has 0 atom stereocenters. The Morgan fingerprint density at radius 2 is 2.44 bits per heavy atom. The molecule has 0 aromatic carbocycles. The molecule has 2 aromatic rings. The molecule has 3 N–H and O–H groups in total. The van der Waals surface area contributed by atoms with E-state index in [4.69, 9.17) is 5.73 Å². The molecule has 5 nitrogen and oxygen atoms in total. The van der Waals surface area contributed by atoms with Crippen molar-refractivity contribution in [1.82, 2.24) is 14.7 Å². The summed E-state index contributed by atoms with van der Waals surface area (Å²) in [5, 5.41) is 4.97. The number of nitrogens with two attached hydrogens (primary N) is 1. The molecule has 0 bridgehead atoms. The standard InChI is InChI=1S/C11H15N5S.HI/c1-8(2)5-13-10(12)14-6-9-7-16-3-4-17-11(16)15-9;/h3-4,7H,1,5-6H2,2H3,(H3,12,13,14);1H. The Morgan fingerprint density at radius 1 is 1.67 bits per heavy atom. The zero-order valence-corrected chi connectivity index (χ0v) is 13.2. The topological polar surface area (TPSA) is 67.7 Å². The van der Waals surface area contributed by atoms with Crippen LogP contribution in [-0.4, -0.2) is 21.9 Å². The summed E-state index contributed by atoms with van der Waals surface area (Å²) in [6, 6.07) is 0. The maximum atomic E-state index is 5.71. The average molecular weight is 377 g/mol. The lowest BCUT2D eigenvalue weighted by atomic mass is 10.3. The lowest BCUT2D eigenvalue weighted by molar-refractivity contribution is 0.928. The number of imidazole rings is 1. The molecule has 0 radical (unpaired) electrons. The first kappa shape index (κ1) is 15.0. The van der Waals surface area contributed by atoms with E-state index in [1.54, 1.807) is 11.3 Å². The molecular weight excluding hydrogens is 361 g/mol. The number of nitrogens with zero attached hydrogens (tertiary/aromatic N) is 3. The molecule has 98 valence electrons. The summed E-state index contributed by atoms with van der Waals surface area (Å²) in [7, 11) is 0. The molecule has 0 saturated carbocycles. The van der Waals surface area contributed by atoms with E-state index in [0.717, 1.165) is 16.2 Å². The van der Waals surface area contributed by atoms with Gasteiger partial charge in [0.2, 0.25) is 0 Å². The van der Waals surface area contributed by atoms with Gasteiger partial charge in [-0.25, -0.2) is 9.98 Å². The Balaban J connectivity index is 0.00000162. The van der Waals surface area contributed by atoms with Crippen molar-refractivity contribution in [2.45, 2.75) is 13.5 Å². The Morgan fingerprint density at radius 3 is 3.11 bits per heavy atom. The lowest BCUT2D eigenvalue weighted by Crippen LogP contribution is -2.32. The van der Waals surface area contributed by atoms with Gasteiger partial charge in [-0.1, -0.05) is 12.2 Å². The lowest BCUT2D eigenvalue weighted by Gasteiger charge is -2.03. The van der Waals surface area contributed by atoms with Gasteiger partial charge in [-0.3, -0.25) is 4.40 Å². The van der Waals surface area contributed by atoms with Crippen molar-refractivity contribution in [2.75, 3.05) is 6.54 Å². The summed E-state index contributed by atoms with van der Waals surface area (Å²) < 4.78 is 1.98. The summed E-state index contributed by atoms with van der Waals surface area (Å²) in [6.07, 6.45) is 3.93. The van der Waals surface area contributed by atoms with Gasteiger partial charge in [0.1, 0.15) is 0 Å². The number of hydrogen-bond acceptors (Lipinski definition) is 3. The number of hydrogen-bond donors (Lipinski definition) is 2. The molecule has 0 fully saturated rings. The molecule has 0 aliphatic carbocycles. The number of thiazole rings is 1. The first-order valence-corrected chi connectivity index (χ1v) is 6.12. The molecule has 2 heterocycles. The Labute approximate surface area is 127 Å². The molecule has 0 amide bonds. The third kappa shape index (κ3) is 3.98. The van der Waals surface area contributed by atoms with Crippen LogP contribution < -0.4 is 11.1 Å². The fraction of sp³-hybridized carbons (Fsp3) is 0.273. The predicted octanol–water partition coefficient (Wildman–Crippen LogP) is 1.99. The van der Waals surface area contributed by atoms with Gasteiger partial charge in [-0.2, -0.15) is 0 Å². The summed E-state index contributed by atoms with van der Waals surface area (Å²) in [4.78, 5) is 9.60. The van der Waals surface area contributed by atoms with Crippen LogP contribution in [0.25, 0.3) is 4.96 Å². The summed E-state index contributed by atoms with van der Waals surface area (Å²) in [5.74, 6) is 0.421. The van der Waals surface area contributed by atoms with Gasteiger partial charge >= 0.3 is 0 Å². The molecule has 0 aliphatic rings. The highest BCUT2D eigenvalue weighted by atomic mass is 127. The minimum atomic E-state index is 0. The van der Waals surface area contributed by atoms with Crippen molar-refractivity contribution in [3.05, 3.63) is 35.6 Å². The number of nitrogens with one attached hydrogen (secondary N) is 1. The Bertz CT molecular complexity index is 528. The molecule has 2 aromatic heterocycles. The summed E-state index contributed by atoms with van der Waals surface area (Å²) in [5.41, 5.74) is 7.64. The van der Waals surface area contributed by atoms with Crippen LogP contribution in [0.3, 0.4) is 0 Å². The third-order valence-electron chi connectivity index (χ3n) is 2.13. The van der Waals surface area contributed by atoms with Crippen molar-refractivity contribution >= 4 is 46.2 Å². The molecule has 0 aliphatic heterocycles. The van der Waals surface area contributed by atoms with Crippen LogP contribution in [0.4, 0.5) is 0 Å². The quantitative estimate of drug-likeness (QED) is 0.371. The molecule has 0 unspecified atom stereocenters. The molecule has 0 spiro atoms. The number of fused-ring (bicyclic) bond motifs is 1. The minimum Gasteiger partial charge on any atom is -0.370 e. The van der Waals surface area contributed by atoms with Crippen molar-refractivity contribution in [3.63, 3.8) is 0 Å². The predicted molar refractivity (Wildman–Crippen MR) is 86.6 cm³/mol. The first-order valence-electron chi connectivity index (χ1n) is 5.24. The molecule has 0 saturated heterocycles. The van der Waals surface area contributed by atoms with Crippen molar-refractivity contribution < 1.29 is 0 Å². The highest BCUT2D eigenvalue weighted by molar-refractivity contribution is 14.0. The van der Waals surface area contributed by atoms with Gasteiger partial charge in [-0.05, 0) is 6.92 Å². The first-order chi connectivity index (χ1) is 8.15. The number of rotatable bonds is 4. The second-order valence-electron chi connectivity index (χ2n) is 3.84. The maximum Gasteiger partial charge on any atom is 0.193 e. The molecule has 7 heteroatoms. The van der Waals surface area contributed by atoms with Crippen LogP contribution >= 0.6 is 35.3 Å². The smallest absolute Gasteiger partial charge is 0.193 e. The number of aliphatic imine (C=N–C) groups is 1. The third-order valence-corrected chi connectivity index (χ3v) is 2.90. The Hall–Kier alpha value is -1.09. The Kier molecular flexibility index (Phi) is 5.60. The van der Waals surface area contributed by atoms with Crippen LogP contribution in [-0.2, 0) is 6.54 Å². The van der Waals surface area contributed by atoms with E-state index in [1.807, 2.05) is 29.1 Å². The normalized spacial score (nSPS) is 11.3. The van der Waals surface area contributed by atoms with Crippen LogP contribution in [0.1, 0.15) is 12.6 Å². The second kappa shape index (κ2) is 6.74. The minimum absolute atomic E-state index is 0. The van der Waals surface area contributed by atoms with Gasteiger partial charge in [0.25, 0.3) is 0 Å². The van der Waals surface area contributed by atoms with Gasteiger partial charge in [-0.15, -0.1) is 35.3 Å². The largest absolute Gasteiger partial charge is 0.370 e. The van der Waals surface area contributed by atoms with E-state index < -0.39 is 0 Å². The van der Waals surface area contributed by atoms with Gasteiger partial charge in [0, 0.05) is 24.3 Å².